The van der Waals surface area contributed by atoms with Crippen molar-refractivity contribution in [1.29, 1.82) is 0 Å². The van der Waals surface area contributed by atoms with Crippen LogP contribution < -0.4 is 5.32 Å². The number of rotatable bonds is 6. The average Bonchev–Trinajstić information content (AvgIpc) is 2.43. The molecule has 0 bridgehead atoms. The topological polar surface area (TPSA) is 49.3 Å². The number of carbonyl (C=O) groups excluding carboxylic acids is 1. The zero-order chi connectivity index (χ0) is 13.5. The van der Waals surface area contributed by atoms with E-state index in [0.717, 1.165) is 12.0 Å². The minimum Gasteiger partial charge on any atom is -0.388 e. The van der Waals surface area contributed by atoms with Crippen molar-refractivity contribution in [3.8, 4) is 0 Å². The molecule has 3 nitrogen and oxygen atoms in total. The smallest absolute Gasteiger partial charge is 0.219 e. The van der Waals surface area contributed by atoms with Crippen LogP contribution in [0.5, 0.6) is 0 Å². The van der Waals surface area contributed by atoms with Crippen molar-refractivity contribution in [3.05, 3.63) is 35.4 Å². The molecule has 1 amide bonds. The lowest BCUT2D eigenvalue weighted by molar-refractivity contribution is -0.121. The van der Waals surface area contributed by atoms with Gasteiger partial charge in [-0.05, 0) is 29.9 Å². The van der Waals surface area contributed by atoms with Gasteiger partial charge in [0.25, 0.3) is 0 Å². The number of amides is 1. The quantitative estimate of drug-likeness (QED) is 0.814. The number of benzene rings is 1. The summed E-state index contributed by atoms with van der Waals surface area (Å²) in [6.45, 7) is 4.35. The molecule has 2 N–H and O–H groups in total. The summed E-state index contributed by atoms with van der Waals surface area (Å²) >= 11 is 0. The summed E-state index contributed by atoms with van der Waals surface area (Å²) in [5.74, 6) is 0.507. The fraction of sp³-hybridized carbons (Fsp3) is 0.533. The highest BCUT2D eigenvalue weighted by atomic mass is 16.3. The van der Waals surface area contributed by atoms with E-state index in [9.17, 15) is 9.90 Å². The Morgan fingerprint density at radius 2 is 1.83 bits per heavy atom. The van der Waals surface area contributed by atoms with E-state index < -0.39 is 6.10 Å². The van der Waals surface area contributed by atoms with Gasteiger partial charge < -0.3 is 10.4 Å². The second-order valence-electron chi connectivity index (χ2n) is 4.70. The Morgan fingerprint density at radius 1 is 1.28 bits per heavy atom. The van der Waals surface area contributed by atoms with Crippen LogP contribution in [0.2, 0.25) is 0 Å². The van der Waals surface area contributed by atoms with Gasteiger partial charge in [-0.2, -0.15) is 0 Å². The number of hydrogen-bond donors (Lipinski definition) is 2. The fourth-order valence-electron chi connectivity index (χ4n) is 1.84. The molecule has 2 unspecified atom stereocenters. The first-order valence-electron chi connectivity index (χ1n) is 6.57. The van der Waals surface area contributed by atoms with Crippen LogP contribution in [0.15, 0.2) is 24.3 Å². The minimum atomic E-state index is -0.562. The summed E-state index contributed by atoms with van der Waals surface area (Å²) in [6.07, 6.45) is 1.36. The van der Waals surface area contributed by atoms with Crippen LogP contribution in [0.25, 0.3) is 0 Å². The molecule has 0 aliphatic rings. The molecule has 0 aliphatic carbocycles. The van der Waals surface area contributed by atoms with Gasteiger partial charge in [-0.3, -0.25) is 4.79 Å². The molecule has 1 aromatic carbocycles. The first-order valence-corrected chi connectivity index (χ1v) is 6.57. The van der Waals surface area contributed by atoms with Crippen LogP contribution in [0.1, 0.15) is 56.3 Å². The maximum atomic E-state index is 11.1. The Hall–Kier alpha value is -1.35. The summed E-state index contributed by atoms with van der Waals surface area (Å²) in [4.78, 5) is 11.1. The molecule has 1 aromatic rings. The second-order valence-corrected chi connectivity index (χ2v) is 4.70. The van der Waals surface area contributed by atoms with Gasteiger partial charge in [-0.25, -0.2) is 0 Å². The third-order valence-corrected chi connectivity index (χ3v) is 3.43. The van der Waals surface area contributed by atoms with Crippen molar-refractivity contribution < 1.29 is 9.90 Å². The molecule has 3 heteroatoms. The highest BCUT2D eigenvalue weighted by Gasteiger charge is 2.10. The van der Waals surface area contributed by atoms with E-state index in [1.165, 1.54) is 5.56 Å². The minimum absolute atomic E-state index is 0.0368. The monoisotopic (exact) mass is 249 g/mol. The first kappa shape index (κ1) is 14.7. The molecule has 100 valence electrons. The molecule has 0 saturated heterocycles. The highest BCUT2D eigenvalue weighted by molar-refractivity contribution is 5.75. The van der Waals surface area contributed by atoms with Crippen molar-refractivity contribution in [1.82, 2.24) is 5.32 Å². The van der Waals surface area contributed by atoms with Gasteiger partial charge in [0.2, 0.25) is 5.91 Å². The number of nitrogens with one attached hydrogen (secondary N) is 1. The van der Waals surface area contributed by atoms with Crippen LogP contribution in [-0.4, -0.2) is 18.1 Å². The molecule has 0 heterocycles. The maximum absolute atomic E-state index is 11.1. The first-order chi connectivity index (χ1) is 8.58. The highest BCUT2D eigenvalue weighted by Crippen LogP contribution is 2.23. The zero-order valence-electron chi connectivity index (χ0n) is 11.4. The molecule has 0 fully saturated rings. The van der Waals surface area contributed by atoms with Crippen LogP contribution >= 0.6 is 0 Å². The lowest BCUT2D eigenvalue weighted by Gasteiger charge is -2.13. The Balaban J connectivity index is 2.58. The Bertz CT molecular complexity index is 373. The molecular formula is C15H23NO2. The third kappa shape index (κ3) is 4.15. The van der Waals surface area contributed by atoms with E-state index in [0.29, 0.717) is 18.8 Å². The molecule has 1 rings (SSSR count). The number of aliphatic hydroxyl groups excluding tert-OH is 1. The Labute approximate surface area is 109 Å². The second kappa shape index (κ2) is 7.17. The largest absolute Gasteiger partial charge is 0.388 e. The van der Waals surface area contributed by atoms with Gasteiger partial charge in [-0.1, -0.05) is 38.1 Å². The average molecular weight is 249 g/mol. The predicted molar refractivity (Wildman–Crippen MR) is 73.4 cm³/mol. The Kier molecular flexibility index (Phi) is 5.86. The van der Waals surface area contributed by atoms with E-state index >= 15 is 0 Å². The number of aliphatic hydroxyl groups is 1. The molecule has 0 aromatic heterocycles. The fourth-order valence-corrected chi connectivity index (χ4v) is 1.84. The van der Waals surface area contributed by atoms with Gasteiger partial charge in [0.15, 0.2) is 0 Å². The molecule has 0 aliphatic heterocycles. The molecule has 0 radical (unpaired) electrons. The summed E-state index contributed by atoms with van der Waals surface area (Å²) < 4.78 is 0. The van der Waals surface area contributed by atoms with Gasteiger partial charge in [-0.15, -0.1) is 0 Å². The van der Waals surface area contributed by atoms with Crippen molar-refractivity contribution in [2.24, 2.45) is 0 Å². The molecule has 0 saturated carbocycles. The van der Waals surface area contributed by atoms with Crippen molar-refractivity contribution in [2.75, 3.05) is 7.05 Å². The lowest BCUT2D eigenvalue weighted by atomic mass is 9.96. The van der Waals surface area contributed by atoms with Crippen molar-refractivity contribution in [3.63, 3.8) is 0 Å². The Morgan fingerprint density at radius 3 is 2.33 bits per heavy atom. The summed E-state index contributed by atoms with van der Waals surface area (Å²) in [5.41, 5.74) is 2.17. The lowest BCUT2D eigenvalue weighted by Crippen LogP contribution is -2.18. The zero-order valence-corrected chi connectivity index (χ0v) is 11.4. The van der Waals surface area contributed by atoms with Crippen molar-refractivity contribution in [2.45, 2.75) is 45.1 Å². The van der Waals surface area contributed by atoms with Crippen LogP contribution in [-0.2, 0) is 4.79 Å². The van der Waals surface area contributed by atoms with Crippen LogP contribution in [0.4, 0.5) is 0 Å². The van der Waals surface area contributed by atoms with E-state index in [2.05, 4.69) is 31.3 Å². The van der Waals surface area contributed by atoms with Crippen molar-refractivity contribution >= 4 is 5.91 Å². The van der Waals surface area contributed by atoms with Crippen LogP contribution in [0.3, 0.4) is 0 Å². The van der Waals surface area contributed by atoms with Gasteiger partial charge in [0, 0.05) is 13.5 Å². The van der Waals surface area contributed by atoms with Gasteiger partial charge in [0.1, 0.15) is 0 Å². The predicted octanol–water partition coefficient (Wildman–Crippen LogP) is 2.76. The van der Waals surface area contributed by atoms with Gasteiger partial charge in [0.05, 0.1) is 6.10 Å². The summed E-state index contributed by atoms with van der Waals surface area (Å²) in [6, 6.07) is 8.03. The van der Waals surface area contributed by atoms with E-state index in [4.69, 9.17) is 0 Å². The molecule has 2 atom stereocenters. The molecule has 18 heavy (non-hydrogen) atoms. The van der Waals surface area contributed by atoms with E-state index in [1.807, 2.05) is 12.1 Å². The summed E-state index contributed by atoms with van der Waals surface area (Å²) in [5, 5.41) is 12.5. The van der Waals surface area contributed by atoms with E-state index in [-0.39, 0.29) is 5.91 Å². The SMILES string of the molecule is CCC(C)c1ccc(C(O)CCC(=O)NC)cc1. The number of carbonyl (C=O) groups is 1. The number of hydrogen-bond acceptors (Lipinski definition) is 2. The molecule has 0 spiro atoms. The normalized spacial score (nSPS) is 14.0. The maximum Gasteiger partial charge on any atom is 0.219 e. The third-order valence-electron chi connectivity index (χ3n) is 3.43. The molecular weight excluding hydrogens is 226 g/mol. The van der Waals surface area contributed by atoms with E-state index in [1.54, 1.807) is 7.05 Å². The van der Waals surface area contributed by atoms with Crippen LogP contribution in [0, 0.1) is 0 Å². The standard InChI is InChI=1S/C15H23NO2/c1-4-11(2)12-5-7-13(8-6-12)14(17)9-10-15(18)16-3/h5-8,11,14,17H,4,9-10H2,1-3H3,(H,16,18). The van der Waals surface area contributed by atoms with Gasteiger partial charge >= 0.3 is 0 Å². The summed E-state index contributed by atoms with van der Waals surface area (Å²) in [7, 11) is 1.61.